The van der Waals surface area contributed by atoms with E-state index in [0.717, 1.165) is 17.4 Å². The lowest BCUT2D eigenvalue weighted by atomic mass is 9.91. The summed E-state index contributed by atoms with van der Waals surface area (Å²) in [5.74, 6) is -18.0. The van der Waals surface area contributed by atoms with Gasteiger partial charge in [0.15, 0.2) is 35.8 Å². The lowest BCUT2D eigenvalue weighted by molar-refractivity contribution is -0.255. The van der Waals surface area contributed by atoms with Gasteiger partial charge in [-0.15, -0.1) is 0 Å². The van der Waals surface area contributed by atoms with E-state index in [1.807, 2.05) is 62.3 Å². The van der Waals surface area contributed by atoms with Crippen molar-refractivity contribution < 1.29 is 86.9 Å². The molecule has 0 saturated carbocycles. The van der Waals surface area contributed by atoms with Crippen LogP contribution in [-0.4, -0.2) is 276 Å². The normalized spacial score (nSPS) is 13.0. The number of carboxylic acid groups (broad SMARTS) is 2. The number of hydrogen-bond donors (Lipinski definition) is 34. The van der Waals surface area contributed by atoms with Crippen molar-refractivity contribution in [2.24, 2.45) is 51.6 Å². The van der Waals surface area contributed by atoms with E-state index in [-0.39, 0.29) is 191 Å². The third kappa shape index (κ3) is 41.5. The van der Waals surface area contributed by atoms with Gasteiger partial charge in [-0.2, -0.15) is 0 Å². The first-order chi connectivity index (χ1) is 66.9. The Hall–Kier alpha value is -15.9. The number of nitrogens with one attached hydrogen (secondary N) is 23. The third-order valence-corrected chi connectivity index (χ3v) is 22.1. The number of carbonyl (C=O) groups excluding carboxylic acids is 13. The summed E-state index contributed by atoms with van der Waals surface area (Å²) < 4.78 is 6.45. The minimum atomic E-state index is -1.78. The molecule has 5 rings (SSSR count). The molecule has 52 nitrogen and oxygen atoms in total. The molecule has 10 atom stereocenters. The molecular formula is C89H138N34O18. The first-order valence-electron chi connectivity index (χ1n) is 45.9. The summed E-state index contributed by atoms with van der Waals surface area (Å²) in [5, 5.41) is 124. The second-order valence-corrected chi connectivity index (χ2v) is 33.7. The molecule has 5 aromatic rings. The smallest absolute Gasteiger partial charge is 0.363 e. The quantitative estimate of drug-likeness (QED) is 0.00566. The van der Waals surface area contributed by atoms with Gasteiger partial charge in [0.1, 0.15) is 66.2 Å². The number of nitrogens with zero attached hydrogens (tertiary/aromatic N) is 2. The van der Waals surface area contributed by atoms with E-state index in [1.165, 1.54) is 36.4 Å². The molecule has 0 aliphatic rings. The van der Waals surface area contributed by atoms with Crippen LogP contribution in [0.4, 0.5) is 11.4 Å². The summed E-state index contributed by atoms with van der Waals surface area (Å²) in [7, 11) is 7.40. The van der Waals surface area contributed by atoms with E-state index < -0.39 is 198 Å². The van der Waals surface area contributed by atoms with Gasteiger partial charge >= 0.3 is 17.1 Å². The second kappa shape index (κ2) is 59.9. The Bertz CT molecular complexity index is 5140. The number of phenols is 1. The van der Waals surface area contributed by atoms with Crippen LogP contribution in [0.1, 0.15) is 155 Å². The molecule has 0 unspecified atom stereocenters. The van der Waals surface area contributed by atoms with Crippen molar-refractivity contribution in [3.8, 4) is 16.9 Å². The predicted molar refractivity (Wildman–Crippen MR) is 527 cm³/mol. The number of nitrogens with two attached hydrogens (primary N) is 9. The number of anilines is 2. The highest BCUT2D eigenvalue weighted by atomic mass is 16.4. The fourth-order valence-corrected chi connectivity index (χ4v) is 14.7. The van der Waals surface area contributed by atoms with Crippen molar-refractivity contribution in [1.29, 1.82) is 32.5 Å². The minimum absolute atomic E-state index is 0.00283. The maximum absolute atomic E-state index is 15.0. The van der Waals surface area contributed by atoms with E-state index in [0.29, 0.717) is 39.5 Å². The maximum Gasteiger partial charge on any atom is 0.363 e. The first kappa shape index (κ1) is 116. The zero-order chi connectivity index (χ0) is 105. The molecule has 12 amide bonds. The minimum Gasteiger partial charge on any atom is -0.545 e. The van der Waals surface area contributed by atoms with Gasteiger partial charge in [0.05, 0.1) is 35.4 Å². The van der Waals surface area contributed by atoms with Crippen molar-refractivity contribution in [2.75, 3.05) is 96.9 Å². The Morgan fingerprint density at radius 3 is 1.00 bits per heavy atom. The molecular weight excluding hydrogens is 1830 g/mol. The van der Waals surface area contributed by atoms with E-state index in [4.69, 9.17) is 88.5 Å². The molecule has 0 radical (unpaired) electrons. The lowest BCUT2D eigenvalue weighted by Gasteiger charge is -2.28. The number of carbonyl (C=O) groups is 14. The molecule has 0 aliphatic heterocycles. The third-order valence-electron chi connectivity index (χ3n) is 22.1. The van der Waals surface area contributed by atoms with E-state index in [1.54, 1.807) is 12.1 Å². The molecule has 52 heteroatoms. The Balaban J connectivity index is 1.45. The largest absolute Gasteiger partial charge is 0.545 e. The van der Waals surface area contributed by atoms with Crippen LogP contribution in [0.15, 0.2) is 83.3 Å². The van der Waals surface area contributed by atoms with Gasteiger partial charge in [0.2, 0.25) is 65.0 Å². The van der Waals surface area contributed by atoms with Gasteiger partial charge in [0.25, 0.3) is 5.91 Å². The zero-order valence-electron chi connectivity index (χ0n) is 79.5. The van der Waals surface area contributed by atoms with Crippen LogP contribution >= 0.6 is 0 Å². The summed E-state index contributed by atoms with van der Waals surface area (Å²) in [6.07, 6.45) is -2.12. The van der Waals surface area contributed by atoms with Crippen LogP contribution in [0.3, 0.4) is 0 Å². The number of carboxylic acids is 2. The van der Waals surface area contributed by atoms with Crippen LogP contribution in [0.25, 0.3) is 33.1 Å². The van der Waals surface area contributed by atoms with Gasteiger partial charge in [-0.1, -0.05) is 18.2 Å². The number of guanidine groups is 6. The zero-order valence-corrected chi connectivity index (χ0v) is 79.5. The number of hydrogen-bond acceptors (Lipinski definition) is 26. The fourth-order valence-electron chi connectivity index (χ4n) is 14.7. The summed E-state index contributed by atoms with van der Waals surface area (Å²) in [6.45, 7) is -0.790. The average Bonchev–Trinajstić information content (AvgIpc) is 0.741. The molecule has 772 valence electrons. The number of aromatic hydroxyl groups is 1. The molecule has 0 aliphatic carbocycles. The Kier molecular flexibility index (Phi) is 49.1. The first-order valence-corrected chi connectivity index (χ1v) is 45.9. The Labute approximate surface area is 814 Å². The molecule has 1 aromatic heterocycles. The molecule has 4 aromatic carbocycles. The van der Waals surface area contributed by atoms with Crippen LogP contribution in [0.5, 0.6) is 5.75 Å². The summed E-state index contributed by atoms with van der Waals surface area (Å²) in [4.78, 5) is 203. The van der Waals surface area contributed by atoms with Crippen molar-refractivity contribution in [3.05, 3.63) is 95.6 Å². The lowest BCUT2D eigenvalue weighted by Crippen LogP contribution is -2.60. The number of benzene rings is 4. The molecule has 1 heterocycles. The molecule has 0 saturated heterocycles. The molecule has 0 bridgehead atoms. The fraction of sp³-hybridized carbons (Fsp3) is 0.494. The molecule has 0 spiro atoms. The highest BCUT2D eigenvalue weighted by Gasteiger charge is 2.38. The number of rotatable bonds is 64. The predicted octanol–water partition coefficient (Wildman–Crippen LogP) is -6.26. The molecule has 43 N–H and O–H groups in total. The van der Waals surface area contributed by atoms with E-state index in [9.17, 15) is 72.9 Å². The number of amides is 12. The topological polar surface area (TPSA) is 902 Å². The SMILES string of the molecule is CN(C)c1ccc2c(-c3ccc(C(=O)N[C@@H](Cc4ccc(O)cc4)C(=O)NCC(=O)N[C@@H](CCCNC(=N)N)C(=O)N[C@@H](CCCCN)C(=O)N[C@@H](CCCCN)C(=O)N[C@@H](CCCNC(=N)N)C(=O)N[C@@H](CCCNC(=N)N)C(=O)N[C@@H](CCC(N)=O)C(=O)N[C@@H](CCCNC(=N)N)C(=O)N[C@@H](CCCNC(=N)N)C(=O)N[C@@H](CCCNC(=N)N)C(=O)O)cc3C(=O)[O-])c3ccc(N(C)C)cc3[o+]c2c1. The van der Waals surface area contributed by atoms with Crippen molar-refractivity contribution in [3.63, 3.8) is 0 Å². The Morgan fingerprint density at radius 2 is 0.688 bits per heavy atom. The van der Waals surface area contributed by atoms with Crippen LogP contribution in [0.2, 0.25) is 0 Å². The van der Waals surface area contributed by atoms with Gasteiger partial charge < -0.3 is 172 Å². The van der Waals surface area contributed by atoms with Crippen LogP contribution in [-0.2, 0) is 64.0 Å². The number of unbranched alkanes of at least 4 members (excludes halogenated alkanes) is 2. The second-order valence-electron chi connectivity index (χ2n) is 33.7. The van der Waals surface area contributed by atoms with E-state index in [2.05, 4.69) is 90.4 Å². The average molecular weight is 1970 g/mol. The van der Waals surface area contributed by atoms with Gasteiger partial charge in [-0.25, -0.2) is 9.21 Å². The summed E-state index contributed by atoms with van der Waals surface area (Å²) in [6, 6.07) is 4.52. The van der Waals surface area contributed by atoms with Crippen LogP contribution < -0.4 is 157 Å². The molecule has 141 heavy (non-hydrogen) atoms. The highest BCUT2D eigenvalue weighted by molar-refractivity contribution is 6.14. The monoisotopic (exact) mass is 1970 g/mol. The Morgan fingerprint density at radius 1 is 0.369 bits per heavy atom. The van der Waals surface area contributed by atoms with Gasteiger partial charge in [0, 0.05) is 108 Å². The number of fused-ring (bicyclic) bond motifs is 2. The van der Waals surface area contributed by atoms with E-state index >= 15 is 9.59 Å². The number of aromatic carboxylic acids is 1. The van der Waals surface area contributed by atoms with Gasteiger partial charge in [-0.3, -0.25) is 90.0 Å². The summed E-state index contributed by atoms with van der Waals surface area (Å²) >= 11 is 0. The number of primary amides is 1. The molecule has 0 fully saturated rings. The maximum atomic E-state index is 15.0. The van der Waals surface area contributed by atoms with Crippen molar-refractivity contribution >= 4 is 152 Å². The van der Waals surface area contributed by atoms with Gasteiger partial charge in [-0.05, 0) is 195 Å². The highest BCUT2D eigenvalue weighted by Crippen LogP contribution is 2.41. The number of phenolic OH excluding ortho intramolecular Hbond substituents is 1. The van der Waals surface area contributed by atoms with Crippen LogP contribution in [0, 0.1) is 32.5 Å². The standard InChI is InChI=1S/C89H138N34O18/c1-122(2)50-26-31-54-67(45-50)141-68-46-51(123(3)4)27-32-55(68)71(54)53-30-25-49(44-56(53)82(137)138)72(127)121-66(43-48-23-28-52(124)29-24-48)73(128)111-47-70(126)112-57(17-9-37-105-84(93)94)74(129)113-58(15-5-7-35-90)75(130)114-59(16-6-8-36-91)76(131)115-60(18-10-38-106-85(95)96)77(132)116-62(20-12-40-108-87(99)100)79(134)119-64(33-34-69(92)125)81(136)118-61(19-11-39-107-86(97)98)78(133)117-63(21-13-41-109-88(101)102)80(135)120-65(83(139)140)22-14-42-110-89(103)104/h23-32,44-46,57-66H,5-22,33-43,47,90-91H2,1-4H3,(H39-,92,93,94,95,96,97,98,99,100,101,102,103,104,105,106,107,108,109,110,111,112,113,114,115,116,117,118,119,120,121,124,125,126,127,128,129,130,131,132,133,134,135,136,137,138,139,140)/t57-,58-,59-,60-,61-,62-,63-,64-,65-,66-/m0/s1. The number of aliphatic carboxylic acids is 1. The van der Waals surface area contributed by atoms with Crippen molar-refractivity contribution in [2.45, 2.75) is 195 Å². The summed E-state index contributed by atoms with van der Waals surface area (Å²) in [5.41, 5.74) is 53.4. The van der Waals surface area contributed by atoms with Crippen molar-refractivity contribution in [1.82, 2.24) is 90.4 Å².